The molecule has 1 aromatic carbocycles. The number of rotatable bonds is 6. The van der Waals surface area contributed by atoms with E-state index in [1.807, 2.05) is 0 Å². The summed E-state index contributed by atoms with van der Waals surface area (Å²) in [5, 5.41) is 0. The van der Waals surface area contributed by atoms with Crippen molar-refractivity contribution in [3.63, 3.8) is 0 Å². The number of likely N-dealkylation sites (tertiary alicyclic amines) is 2. The van der Waals surface area contributed by atoms with Crippen LogP contribution in [0.2, 0.25) is 0 Å². The maximum absolute atomic E-state index is 2.75. The lowest BCUT2D eigenvalue weighted by atomic mass is 9.95. The van der Waals surface area contributed by atoms with Gasteiger partial charge in [0.2, 0.25) is 0 Å². The largest absolute Gasteiger partial charge is 0.303 e. The summed E-state index contributed by atoms with van der Waals surface area (Å²) in [5.74, 6) is 0.957. The van der Waals surface area contributed by atoms with Crippen LogP contribution in [0.1, 0.15) is 50.5 Å². The molecule has 0 radical (unpaired) electrons. The van der Waals surface area contributed by atoms with Crippen molar-refractivity contribution in [2.75, 3.05) is 39.3 Å². The van der Waals surface area contributed by atoms with Gasteiger partial charge in [0.15, 0.2) is 0 Å². The van der Waals surface area contributed by atoms with E-state index in [2.05, 4.69) is 40.1 Å². The van der Waals surface area contributed by atoms with E-state index in [-0.39, 0.29) is 0 Å². The van der Waals surface area contributed by atoms with Gasteiger partial charge in [-0.15, -0.1) is 0 Å². The molecule has 0 spiro atoms. The Kier molecular flexibility index (Phi) is 6.97. The van der Waals surface area contributed by atoms with E-state index in [0.29, 0.717) is 0 Å². The van der Waals surface area contributed by atoms with Crippen LogP contribution in [-0.2, 0) is 6.42 Å². The number of benzene rings is 1. The third-order valence-corrected chi connectivity index (χ3v) is 5.70. The molecule has 2 saturated heterocycles. The minimum absolute atomic E-state index is 0.957. The van der Waals surface area contributed by atoms with Gasteiger partial charge in [-0.05, 0) is 82.7 Å². The molecule has 23 heavy (non-hydrogen) atoms. The molecule has 0 amide bonds. The molecule has 2 heterocycles. The first-order chi connectivity index (χ1) is 11.4. The third kappa shape index (κ3) is 5.93. The molecule has 128 valence electrons. The molecule has 0 aromatic heterocycles. The highest BCUT2D eigenvalue weighted by atomic mass is 15.1. The number of aryl methyl sites for hydroxylation is 1. The van der Waals surface area contributed by atoms with E-state index in [1.165, 1.54) is 96.2 Å². The fraction of sp³-hybridized carbons (Fsp3) is 0.714. The lowest BCUT2D eigenvalue weighted by molar-refractivity contribution is 0.144. The Morgan fingerprint density at radius 3 is 2.17 bits per heavy atom. The van der Waals surface area contributed by atoms with Gasteiger partial charge in [-0.25, -0.2) is 0 Å². The van der Waals surface area contributed by atoms with Gasteiger partial charge < -0.3 is 9.80 Å². The number of piperidine rings is 1. The molecule has 0 saturated carbocycles. The summed E-state index contributed by atoms with van der Waals surface area (Å²) in [6, 6.07) is 10.9. The average Bonchev–Trinajstić information content (AvgIpc) is 2.86. The van der Waals surface area contributed by atoms with Crippen molar-refractivity contribution in [3.8, 4) is 0 Å². The highest BCUT2D eigenvalue weighted by Gasteiger charge is 2.21. The van der Waals surface area contributed by atoms with E-state index < -0.39 is 0 Å². The molecule has 0 bridgehead atoms. The van der Waals surface area contributed by atoms with Crippen molar-refractivity contribution in [2.45, 2.75) is 51.4 Å². The summed E-state index contributed by atoms with van der Waals surface area (Å²) < 4.78 is 0. The van der Waals surface area contributed by atoms with Crippen molar-refractivity contribution in [1.29, 1.82) is 0 Å². The fourth-order valence-electron chi connectivity index (χ4n) is 4.23. The van der Waals surface area contributed by atoms with E-state index in [4.69, 9.17) is 0 Å². The minimum Gasteiger partial charge on any atom is -0.303 e. The molecule has 1 aromatic rings. The molecule has 2 aliphatic heterocycles. The van der Waals surface area contributed by atoms with Crippen LogP contribution in [0.4, 0.5) is 0 Å². The molecule has 2 fully saturated rings. The van der Waals surface area contributed by atoms with Crippen molar-refractivity contribution in [1.82, 2.24) is 9.80 Å². The second-order valence-electron chi connectivity index (χ2n) is 7.59. The van der Waals surface area contributed by atoms with Crippen molar-refractivity contribution in [3.05, 3.63) is 35.9 Å². The SMILES string of the molecule is c1ccc(CCCN2CCC(CN3CCCCCC3)CC2)cc1. The Balaban J connectivity index is 1.30. The Hall–Kier alpha value is -0.860. The predicted molar refractivity (Wildman–Crippen MR) is 98.8 cm³/mol. The van der Waals surface area contributed by atoms with Crippen molar-refractivity contribution >= 4 is 0 Å². The molecular weight excluding hydrogens is 280 g/mol. The van der Waals surface area contributed by atoms with E-state index in [0.717, 1.165) is 5.92 Å². The Labute approximate surface area is 142 Å². The number of hydrogen-bond acceptors (Lipinski definition) is 2. The lowest BCUT2D eigenvalue weighted by Crippen LogP contribution is -2.39. The zero-order valence-electron chi connectivity index (χ0n) is 14.8. The van der Waals surface area contributed by atoms with Crippen LogP contribution in [0.5, 0.6) is 0 Å². The minimum atomic E-state index is 0.957. The summed E-state index contributed by atoms with van der Waals surface area (Å²) in [6.45, 7) is 8.03. The predicted octanol–water partition coefficient (Wildman–Crippen LogP) is 4.21. The van der Waals surface area contributed by atoms with Crippen LogP contribution in [-0.4, -0.2) is 49.1 Å². The first kappa shape index (κ1) is 17.0. The maximum atomic E-state index is 2.75. The van der Waals surface area contributed by atoms with E-state index >= 15 is 0 Å². The van der Waals surface area contributed by atoms with Gasteiger partial charge in [0.25, 0.3) is 0 Å². The van der Waals surface area contributed by atoms with Crippen LogP contribution in [0, 0.1) is 5.92 Å². The van der Waals surface area contributed by atoms with Gasteiger partial charge in [-0.1, -0.05) is 43.2 Å². The van der Waals surface area contributed by atoms with Crippen molar-refractivity contribution < 1.29 is 0 Å². The van der Waals surface area contributed by atoms with Gasteiger partial charge >= 0.3 is 0 Å². The normalized spacial score (nSPS) is 22.1. The zero-order chi connectivity index (χ0) is 15.7. The highest BCUT2D eigenvalue weighted by molar-refractivity contribution is 5.14. The van der Waals surface area contributed by atoms with Crippen LogP contribution in [0.3, 0.4) is 0 Å². The van der Waals surface area contributed by atoms with Crippen molar-refractivity contribution in [2.24, 2.45) is 5.92 Å². The molecule has 0 N–H and O–H groups in total. The van der Waals surface area contributed by atoms with Gasteiger partial charge in [0.1, 0.15) is 0 Å². The van der Waals surface area contributed by atoms with Gasteiger partial charge in [-0.3, -0.25) is 0 Å². The Morgan fingerprint density at radius 1 is 0.783 bits per heavy atom. The quantitative estimate of drug-likeness (QED) is 0.776. The molecule has 2 heteroatoms. The maximum Gasteiger partial charge on any atom is 0.00106 e. The van der Waals surface area contributed by atoms with E-state index in [9.17, 15) is 0 Å². The first-order valence-electron chi connectivity index (χ1n) is 9.89. The van der Waals surface area contributed by atoms with Crippen LogP contribution in [0.25, 0.3) is 0 Å². The summed E-state index contributed by atoms with van der Waals surface area (Å²) in [4.78, 5) is 5.45. The molecule has 0 unspecified atom stereocenters. The fourth-order valence-corrected chi connectivity index (χ4v) is 4.23. The number of hydrogen-bond donors (Lipinski definition) is 0. The highest BCUT2D eigenvalue weighted by Crippen LogP contribution is 2.20. The molecule has 3 rings (SSSR count). The number of nitrogens with zero attached hydrogens (tertiary/aromatic N) is 2. The standard InChI is InChI=1S/C21H34N2/c1-2-7-15-23(14-6-1)19-21-12-17-22(18-13-21)16-8-11-20-9-4-3-5-10-20/h3-5,9-10,21H,1-2,6-8,11-19H2. The Bertz CT molecular complexity index is 415. The summed E-state index contributed by atoms with van der Waals surface area (Å²) in [7, 11) is 0. The topological polar surface area (TPSA) is 6.48 Å². The second kappa shape index (κ2) is 9.44. The van der Waals surface area contributed by atoms with E-state index in [1.54, 1.807) is 0 Å². The smallest absolute Gasteiger partial charge is 0.00106 e. The van der Waals surface area contributed by atoms with Gasteiger partial charge in [-0.2, -0.15) is 0 Å². The van der Waals surface area contributed by atoms with Crippen LogP contribution in [0.15, 0.2) is 30.3 Å². The third-order valence-electron chi connectivity index (χ3n) is 5.70. The van der Waals surface area contributed by atoms with Crippen LogP contribution < -0.4 is 0 Å². The molecule has 2 aliphatic rings. The molecule has 0 aliphatic carbocycles. The monoisotopic (exact) mass is 314 g/mol. The summed E-state index contributed by atoms with van der Waals surface area (Å²) in [5.41, 5.74) is 1.49. The summed E-state index contributed by atoms with van der Waals surface area (Å²) >= 11 is 0. The van der Waals surface area contributed by atoms with Crippen LogP contribution >= 0.6 is 0 Å². The zero-order valence-corrected chi connectivity index (χ0v) is 14.8. The molecule has 2 nitrogen and oxygen atoms in total. The lowest BCUT2D eigenvalue weighted by Gasteiger charge is -2.34. The molecule has 0 atom stereocenters. The van der Waals surface area contributed by atoms with Gasteiger partial charge in [0, 0.05) is 6.54 Å². The summed E-state index contributed by atoms with van der Waals surface area (Å²) in [6.07, 6.45) is 11.1. The Morgan fingerprint density at radius 2 is 1.48 bits per heavy atom. The average molecular weight is 315 g/mol. The second-order valence-corrected chi connectivity index (χ2v) is 7.59. The van der Waals surface area contributed by atoms with Gasteiger partial charge in [0.05, 0.1) is 0 Å². The first-order valence-corrected chi connectivity index (χ1v) is 9.89. The molecular formula is C21H34N2.